The molecule has 3 rings (SSSR count). The molecule has 4 nitrogen and oxygen atoms in total. The van der Waals surface area contributed by atoms with Crippen LogP contribution in [-0.4, -0.2) is 15.3 Å². The largest absolute Gasteiger partial charge is 0.417 e. The average molecular weight is 410 g/mol. The maximum Gasteiger partial charge on any atom is 0.417 e. The van der Waals surface area contributed by atoms with E-state index in [1.165, 1.54) is 10.6 Å². The molecule has 8 heteroatoms. The van der Waals surface area contributed by atoms with Crippen molar-refractivity contribution in [3.8, 4) is 11.3 Å². The zero-order chi connectivity index (χ0) is 20.3. The molecule has 0 spiro atoms. The van der Waals surface area contributed by atoms with E-state index in [9.17, 15) is 18.0 Å². The molecule has 0 aliphatic carbocycles. The first-order valence-corrected chi connectivity index (χ1v) is 9.31. The molecule has 1 amide bonds. The first-order chi connectivity index (χ1) is 13.3. The maximum absolute atomic E-state index is 13.0. The number of carbonyl (C=O) groups excluding carboxylic acids is 1. The molecule has 3 aromatic rings. The van der Waals surface area contributed by atoms with Gasteiger partial charge in [-0.25, -0.2) is 4.98 Å². The normalized spacial score (nSPS) is 11.8. The fourth-order valence-corrected chi connectivity index (χ4v) is 3.12. The van der Waals surface area contributed by atoms with Crippen molar-refractivity contribution in [2.24, 2.45) is 0 Å². The fourth-order valence-electron chi connectivity index (χ4n) is 2.87. The summed E-state index contributed by atoms with van der Waals surface area (Å²) in [5.74, 6) is -0.0709. The standard InChI is InChI=1S/C20H19ClF3N3O/c1-2-3-4-8-18(28)25-15-7-5-6-13(9-15)17-12-27-11-14(20(22,23)24)10-16(21)19(27)26-17/h5-7,9-12H,2-4,8H2,1H3,(H,25,28). The third-order valence-electron chi connectivity index (χ3n) is 4.28. The number of anilines is 1. The van der Waals surface area contributed by atoms with Crippen LogP contribution >= 0.6 is 11.6 Å². The van der Waals surface area contributed by atoms with Gasteiger partial charge < -0.3 is 9.72 Å². The summed E-state index contributed by atoms with van der Waals surface area (Å²) in [6, 6.07) is 7.88. The van der Waals surface area contributed by atoms with E-state index >= 15 is 0 Å². The van der Waals surface area contributed by atoms with Gasteiger partial charge in [0.15, 0.2) is 5.65 Å². The summed E-state index contributed by atoms with van der Waals surface area (Å²) in [5.41, 5.74) is 1.13. The molecule has 2 aromatic heterocycles. The van der Waals surface area contributed by atoms with Crippen LogP contribution in [0.5, 0.6) is 0 Å². The van der Waals surface area contributed by atoms with Crippen LogP contribution in [0, 0.1) is 0 Å². The van der Waals surface area contributed by atoms with E-state index in [0.29, 0.717) is 23.4 Å². The number of hydrogen-bond donors (Lipinski definition) is 1. The first-order valence-electron chi connectivity index (χ1n) is 8.93. The van der Waals surface area contributed by atoms with Gasteiger partial charge in [0.1, 0.15) is 0 Å². The zero-order valence-electron chi connectivity index (χ0n) is 15.2. The number of imidazole rings is 1. The lowest BCUT2D eigenvalue weighted by molar-refractivity contribution is -0.137. The second kappa shape index (κ2) is 8.22. The minimum absolute atomic E-state index is 0.0709. The van der Waals surface area contributed by atoms with Crippen molar-refractivity contribution in [1.82, 2.24) is 9.38 Å². The van der Waals surface area contributed by atoms with Crippen LogP contribution in [0.15, 0.2) is 42.7 Å². The Kier molecular flexibility index (Phi) is 5.93. The van der Waals surface area contributed by atoms with Crippen molar-refractivity contribution in [2.75, 3.05) is 5.32 Å². The number of unbranched alkanes of at least 4 members (excludes halogenated alkanes) is 2. The average Bonchev–Trinajstić information content (AvgIpc) is 3.06. The number of amides is 1. The van der Waals surface area contributed by atoms with Gasteiger partial charge in [-0.05, 0) is 24.6 Å². The summed E-state index contributed by atoms with van der Waals surface area (Å²) in [6.45, 7) is 2.07. The topological polar surface area (TPSA) is 46.4 Å². The number of alkyl halides is 3. The number of carbonyl (C=O) groups is 1. The van der Waals surface area contributed by atoms with Crippen molar-refractivity contribution < 1.29 is 18.0 Å². The van der Waals surface area contributed by atoms with Crippen LogP contribution in [0.1, 0.15) is 38.2 Å². The fraction of sp³-hybridized carbons (Fsp3) is 0.300. The van der Waals surface area contributed by atoms with Gasteiger partial charge in [-0.2, -0.15) is 13.2 Å². The minimum Gasteiger partial charge on any atom is -0.326 e. The Morgan fingerprint density at radius 2 is 2.00 bits per heavy atom. The van der Waals surface area contributed by atoms with E-state index < -0.39 is 11.7 Å². The highest BCUT2D eigenvalue weighted by Crippen LogP contribution is 2.33. The number of benzene rings is 1. The van der Waals surface area contributed by atoms with Crippen LogP contribution in [0.4, 0.5) is 18.9 Å². The number of pyridine rings is 1. The van der Waals surface area contributed by atoms with Crippen LogP contribution < -0.4 is 5.32 Å². The minimum atomic E-state index is -4.50. The molecule has 0 fully saturated rings. The Morgan fingerprint density at radius 1 is 1.21 bits per heavy atom. The van der Waals surface area contributed by atoms with Gasteiger partial charge in [0.05, 0.1) is 16.3 Å². The van der Waals surface area contributed by atoms with Gasteiger partial charge >= 0.3 is 6.18 Å². The zero-order valence-corrected chi connectivity index (χ0v) is 15.9. The van der Waals surface area contributed by atoms with Gasteiger partial charge in [0, 0.05) is 30.1 Å². The lowest BCUT2D eigenvalue weighted by Crippen LogP contribution is -2.10. The van der Waals surface area contributed by atoms with Crippen molar-refractivity contribution in [3.05, 3.63) is 53.3 Å². The highest BCUT2D eigenvalue weighted by molar-refractivity contribution is 6.33. The molecule has 1 aromatic carbocycles. The Morgan fingerprint density at radius 3 is 2.71 bits per heavy atom. The monoisotopic (exact) mass is 409 g/mol. The molecule has 0 bridgehead atoms. The molecule has 1 N–H and O–H groups in total. The molecule has 2 heterocycles. The van der Waals surface area contributed by atoms with Gasteiger partial charge in [0.25, 0.3) is 0 Å². The molecule has 28 heavy (non-hydrogen) atoms. The molecule has 0 saturated carbocycles. The van der Waals surface area contributed by atoms with Gasteiger partial charge in [-0.1, -0.05) is 43.5 Å². The van der Waals surface area contributed by atoms with E-state index in [4.69, 9.17) is 11.6 Å². The SMILES string of the molecule is CCCCCC(=O)Nc1cccc(-c2cn3cc(C(F)(F)F)cc(Cl)c3n2)c1. The van der Waals surface area contributed by atoms with Crippen LogP contribution in [0.2, 0.25) is 5.02 Å². The highest BCUT2D eigenvalue weighted by atomic mass is 35.5. The van der Waals surface area contributed by atoms with E-state index in [0.717, 1.165) is 31.5 Å². The van der Waals surface area contributed by atoms with Crippen molar-refractivity contribution >= 4 is 28.8 Å². The summed E-state index contributed by atoms with van der Waals surface area (Å²) in [6.07, 6.45) is 1.25. The molecule has 0 unspecified atom stereocenters. The number of halogens is 4. The van der Waals surface area contributed by atoms with E-state index in [-0.39, 0.29) is 16.6 Å². The second-order valence-corrected chi connectivity index (χ2v) is 6.92. The molecule has 148 valence electrons. The predicted octanol–water partition coefficient (Wildman–Crippen LogP) is 6.19. The van der Waals surface area contributed by atoms with Gasteiger partial charge in [0.2, 0.25) is 5.91 Å². The molecular weight excluding hydrogens is 391 g/mol. The smallest absolute Gasteiger partial charge is 0.326 e. The number of aromatic nitrogens is 2. The lowest BCUT2D eigenvalue weighted by atomic mass is 10.1. The van der Waals surface area contributed by atoms with E-state index in [1.54, 1.807) is 24.3 Å². The van der Waals surface area contributed by atoms with Crippen LogP contribution in [0.25, 0.3) is 16.9 Å². The first kappa shape index (κ1) is 20.2. The molecule has 0 atom stereocenters. The summed E-state index contributed by atoms with van der Waals surface area (Å²) in [5, 5.41) is 2.75. The van der Waals surface area contributed by atoms with E-state index in [1.807, 2.05) is 0 Å². The predicted molar refractivity (Wildman–Crippen MR) is 103 cm³/mol. The van der Waals surface area contributed by atoms with Gasteiger partial charge in [-0.3, -0.25) is 4.79 Å². The lowest BCUT2D eigenvalue weighted by Gasteiger charge is -2.07. The number of nitrogens with one attached hydrogen (secondary N) is 1. The highest BCUT2D eigenvalue weighted by Gasteiger charge is 2.32. The Bertz CT molecular complexity index is 998. The maximum atomic E-state index is 13.0. The summed E-state index contributed by atoms with van der Waals surface area (Å²) >= 11 is 5.99. The van der Waals surface area contributed by atoms with Crippen molar-refractivity contribution in [3.63, 3.8) is 0 Å². The third-order valence-corrected chi connectivity index (χ3v) is 4.56. The quantitative estimate of drug-likeness (QED) is 0.493. The van der Waals surface area contributed by atoms with Crippen molar-refractivity contribution in [1.29, 1.82) is 0 Å². The Labute approximate surface area is 165 Å². The summed E-state index contributed by atoms with van der Waals surface area (Å²) in [4.78, 5) is 16.3. The number of rotatable bonds is 6. The summed E-state index contributed by atoms with van der Waals surface area (Å²) < 4.78 is 40.2. The van der Waals surface area contributed by atoms with Crippen LogP contribution in [-0.2, 0) is 11.0 Å². The molecular formula is C20H19ClF3N3O. The van der Waals surface area contributed by atoms with Crippen LogP contribution in [0.3, 0.4) is 0 Å². The Balaban J connectivity index is 1.86. The molecule has 0 saturated heterocycles. The second-order valence-electron chi connectivity index (χ2n) is 6.52. The third kappa shape index (κ3) is 4.65. The number of fused-ring (bicyclic) bond motifs is 1. The van der Waals surface area contributed by atoms with Crippen molar-refractivity contribution in [2.45, 2.75) is 38.8 Å². The number of nitrogens with zero attached hydrogens (tertiary/aromatic N) is 2. The molecule has 0 radical (unpaired) electrons. The van der Waals surface area contributed by atoms with E-state index in [2.05, 4.69) is 17.2 Å². The molecule has 0 aliphatic heterocycles. The Hall–Kier alpha value is -2.54. The number of hydrogen-bond acceptors (Lipinski definition) is 2. The van der Waals surface area contributed by atoms with Gasteiger partial charge in [-0.15, -0.1) is 0 Å². The summed E-state index contributed by atoms with van der Waals surface area (Å²) in [7, 11) is 0. The molecule has 0 aliphatic rings.